The van der Waals surface area contributed by atoms with E-state index in [1.807, 2.05) is 0 Å². The van der Waals surface area contributed by atoms with Crippen molar-refractivity contribution in [3.8, 4) is 5.75 Å². The van der Waals surface area contributed by atoms with E-state index in [9.17, 15) is 0 Å². The van der Waals surface area contributed by atoms with E-state index in [1.54, 1.807) is 29.8 Å². The molecule has 5 heteroatoms. The quantitative estimate of drug-likeness (QED) is 0.833. The number of halogens is 1. The Morgan fingerprint density at radius 2 is 2.28 bits per heavy atom. The Bertz CT molecular complexity index is 495. The second-order valence-electron chi connectivity index (χ2n) is 3.90. The number of hydrogen-bond donors (Lipinski definition) is 1. The van der Waals surface area contributed by atoms with Crippen LogP contribution in [-0.4, -0.2) is 13.7 Å². The van der Waals surface area contributed by atoms with Gasteiger partial charge < -0.3 is 10.1 Å². The van der Waals surface area contributed by atoms with Crippen LogP contribution in [0.1, 0.15) is 22.7 Å². The summed E-state index contributed by atoms with van der Waals surface area (Å²) in [5.41, 5.74) is 0. The molecule has 0 fully saturated rings. The van der Waals surface area contributed by atoms with Gasteiger partial charge in [-0.1, -0.05) is 6.92 Å². The second kappa shape index (κ2) is 6.70. The van der Waals surface area contributed by atoms with Crippen LogP contribution in [0.25, 0.3) is 0 Å². The molecule has 18 heavy (non-hydrogen) atoms. The van der Waals surface area contributed by atoms with Crippen molar-refractivity contribution < 1.29 is 4.74 Å². The summed E-state index contributed by atoms with van der Waals surface area (Å²) in [5.74, 6) is 0.947. The zero-order chi connectivity index (χ0) is 13.0. The molecule has 0 aliphatic rings. The highest BCUT2D eigenvalue weighted by molar-refractivity contribution is 9.10. The van der Waals surface area contributed by atoms with Crippen LogP contribution in [0.5, 0.6) is 5.75 Å². The lowest BCUT2D eigenvalue weighted by atomic mass is 10.1. The molecule has 98 valence electrons. The van der Waals surface area contributed by atoms with E-state index < -0.39 is 0 Å². The number of thiophene rings is 2. The first-order valence-electron chi connectivity index (χ1n) is 5.82. The second-order valence-corrected chi connectivity index (χ2v) is 6.69. The molecule has 1 atom stereocenters. The van der Waals surface area contributed by atoms with Gasteiger partial charge in [0.2, 0.25) is 0 Å². The number of ether oxygens (including phenoxy) is 1. The van der Waals surface area contributed by atoms with Crippen molar-refractivity contribution >= 4 is 38.6 Å². The molecule has 2 aromatic heterocycles. The predicted molar refractivity (Wildman–Crippen MR) is 83.0 cm³/mol. The van der Waals surface area contributed by atoms with Gasteiger partial charge in [0.05, 0.1) is 7.11 Å². The summed E-state index contributed by atoms with van der Waals surface area (Å²) >= 11 is 7.15. The van der Waals surface area contributed by atoms with E-state index in [4.69, 9.17) is 4.74 Å². The highest BCUT2D eigenvalue weighted by Crippen LogP contribution is 2.32. The zero-order valence-corrected chi connectivity index (χ0v) is 13.6. The SMILES string of the molecule is CCNC(Cc1sccc1Br)c1cc(OC)cs1. The summed E-state index contributed by atoms with van der Waals surface area (Å²) in [6.45, 7) is 3.11. The van der Waals surface area contributed by atoms with Gasteiger partial charge in [0, 0.05) is 32.1 Å². The summed E-state index contributed by atoms with van der Waals surface area (Å²) in [4.78, 5) is 2.71. The van der Waals surface area contributed by atoms with Crippen LogP contribution >= 0.6 is 38.6 Å². The average Bonchev–Trinajstić information content (AvgIpc) is 2.98. The van der Waals surface area contributed by atoms with Crippen LogP contribution in [0.3, 0.4) is 0 Å². The Balaban J connectivity index is 2.15. The van der Waals surface area contributed by atoms with Crippen LogP contribution in [0.2, 0.25) is 0 Å². The van der Waals surface area contributed by atoms with Gasteiger partial charge in [-0.25, -0.2) is 0 Å². The van der Waals surface area contributed by atoms with Crippen molar-refractivity contribution in [2.45, 2.75) is 19.4 Å². The number of methoxy groups -OCH3 is 1. The summed E-state index contributed by atoms with van der Waals surface area (Å²) in [5, 5.41) is 7.72. The molecule has 1 unspecified atom stereocenters. The Morgan fingerprint density at radius 1 is 1.44 bits per heavy atom. The third-order valence-corrected chi connectivity index (χ3v) is 5.68. The van der Waals surface area contributed by atoms with E-state index in [1.165, 1.54) is 14.2 Å². The van der Waals surface area contributed by atoms with E-state index in [2.05, 4.69) is 51.1 Å². The first-order chi connectivity index (χ1) is 8.74. The van der Waals surface area contributed by atoms with Crippen LogP contribution < -0.4 is 10.1 Å². The molecular formula is C13H16BrNOS2. The molecule has 2 rings (SSSR count). The molecule has 0 spiro atoms. The predicted octanol–water partition coefficient (Wildman–Crippen LogP) is 4.47. The Kier molecular flexibility index (Phi) is 5.24. The van der Waals surface area contributed by atoms with E-state index >= 15 is 0 Å². The van der Waals surface area contributed by atoms with Gasteiger partial charge >= 0.3 is 0 Å². The molecular weight excluding hydrogens is 330 g/mol. The maximum Gasteiger partial charge on any atom is 0.129 e. The molecule has 2 heterocycles. The lowest BCUT2D eigenvalue weighted by Gasteiger charge is -2.15. The fraction of sp³-hybridized carbons (Fsp3) is 0.385. The molecule has 0 aliphatic heterocycles. The first-order valence-corrected chi connectivity index (χ1v) is 8.37. The van der Waals surface area contributed by atoms with Gasteiger partial charge in [0.15, 0.2) is 0 Å². The molecule has 2 aromatic rings. The van der Waals surface area contributed by atoms with Crippen molar-refractivity contribution in [3.05, 3.63) is 37.1 Å². The highest BCUT2D eigenvalue weighted by atomic mass is 79.9. The topological polar surface area (TPSA) is 21.3 Å². The summed E-state index contributed by atoms with van der Waals surface area (Å²) in [6, 6.07) is 4.59. The molecule has 2 nitrogen and oxygen atoms in total. The first kappa shape index (κ1) is 14.1. The van der Waals surface area contributed by atoms with Gasteiger partial charge in [0.1, 0.15) is 5.75 Å². The maximum atomic E-state index is 5.26. The van der Waals surface area contributed by atoms with E-state index in [0.29, 0.717) is 6.04 Å². The van der Waals surface area contributed by atoms with E-state index in [-0.39, 0.29) is 0 Å². The van der Waals surface area contributed by atoms with Crippen LogP contribution in [0.15, 0.2) is 27.4 Å². The molecule has 0 saturated heterocycles. The summed E-state index contributed by atoms with van der Waals surface area (Å²) in [6.07, 6.45) is 1.01. The fourth-order valence-electron chi connectivity index (χ4n) is 1.80. The van der Waals surface area contributed by atoms with Gasteiger partial charge in [-0.15, -0.1) is 22.7 Å². The smallest absolute Gasteiger partial charge is 0.129 e. The Morgan fingerprint density at radius 3 is 2.83 bits per heavy atom. The van der Waals surface area contributed by atoms with Crippen molar-refractivity contribution in [2.24, 2.45) is 0 Å². The minimum atomic E-state index is 0.360. The molecule has 0 bridgehead atoms. The molecule has 0 aromatic carbocycles. The third-order valence-electron chi connectivity index (χ3n) is 2.71. The minimum absolute atomic E-state index is 0.360. The Hall–Kier alpha value is -0.360. The number of hydrogen-bond acceptors (Lipinski definition) is 4. The Labute approximate surface area is 124 Å². The molecule has 1 N–H and O–H groups in total. The largest absolute Gasteiger partial charge is 0.496 e. The zero-order valence-electron chi connectivity index (χ0n) is 10.4. The summed E-state index contributed by atoms with van der Waals surface area (Å²) in [7, 11) is 1.71. The minimum Gasteiger partial charge on any atom is -0.496 e. The number of nitrogens with one attached hydrogen (secondary N) is 1. The third kappa shape index (κ3) is 3.35. The van der Waals surface area contributed by atoms with Crippen molar-refractivity contribution in [2.75, 3.05) is 13.7 Å². The van der Waals surface area contributed by atoms with Gasteiger partial charge in [0.25, 0.3) is 0 Å². The molecule has 0 saturated carbocycles. The fourth-order valence-corrected chi connectivity index (χ4v) is 4.29. The van der Waals surface area contributed by atoms with Gasteiger partial charge in [-0.05, 0) is 40.0 Å². The van der Waals surface area contributed by atoms with E-state index in [0.717, 1.165) is 18.7 Å². The van der Waals surface area contributed by atoms with Crippen LogP contribution in [-0.2, 0) is 6.42 Å². The average molecular weight is 346 g/mol. The number of likely N-dealkylation sites (N-methyl/N-ethyl adjacent to an activating group) is 1. The van der Waals surface area contributed by atoms with Gasteiger partial charge in [-0.3, -0.25) is 0 Å². The van der Waals surface area contributed by atoms with Crippen LogP contribution in [0, 0.1) is 0 Å². The lowest BCUT2D eigenvalue weighted by Crippen LogP contribution is -2.21. The van der Waals surface area contributed by atoms with Crippen molar-refractivity contribution in [1.82, 2.24) is 5.32 Å². The summed E-state index contributed by atoms with van der Waals surface area (Å²) < 4.78 is 6.47. The van der Waals surface area contributed by atoms with Crippen molar-refractivity contribution in [3.63, 3.8) is 0 Å². The standard InChI is InChI=1S/C13H16BrNOS2/c1-3-15-11(7-12-10(14)4-5-17-12)13-6-9(16-2)8-18-13/h4-6,8,11,15H,3,7H2,1-2H3. The van der Waals surface area contributed by atoms with Gasteiger partial charge in [-0.2, -0.15) is 0 Å². The lowest BCUT2D eigenvalue weighted by molar-refractivity contribution is 0.415. The monoisotopic (exact) mass is 345 g/mol. The van der Waals surface area contributed by atoms with Crippen molar-refractivity contribution in [1.29, 1.82) is 0 Å². The molecule has 0 aliphatic carbocycles. The number of rotatable bonds is 6. The maximum absolute atomic E-state index is 5.26. The normalized spacial score (nSPS) is 12.6. The van der Waals surface area contributed by atoms with Crippen LogP contribution in [0.4, 0.5) is 0 Å². The molecule has 0 amide bonds. The highest BCUT2D eigenvalue weighted by Gasteiger charge is 2.16. The molecule has 0 radical (unpaired) electrons.